The maximum Gasteiger partial charge on any atom is 0.446 e. The molecule has 0 fully saturated rings. The molecule has 21 heavy (non-hydrogen) atoms. The summed E-state index contributed by atoms with van der Waals surface area (Å²) in [5.74, 6) is -1.20. The molecule has 0 bridgehead atoms. The number of thioether (sulfide) groups is 1. The van der Waals surface area contributed by atoms with Crippen LogP contribution in [-0.4, -0.2) is 20.5 Å². The van der Waals surface area contributed by atoms with Gasteiger partial charge in [-0.1, -0.05) is 0 Å². The van der Waals surface area contributed by atoms with Crippen molar-refractivity contribution in [1.29, 1.82) is 5.26 Å². The maximum absolute atomic E-state index is 12.5. The second-order valence-electron chi connectivity index (χ2n) is 3.25. The Morgan fingerprint density at radius 3 is 2.29 bits per heavy atom. The van der Waals surface area contributed by atoms with Gasteiger partial charge in [0.05, 0.1) is 10.5 Å². The zero-order valence-corrected chi connectivity index (χ0v) is 11.9. The third kappa shape index (κ3) is 4.90. The van der Waals surface area contributed by atoms with Crippen LogP contribution in [0, 0.1) is 11.3 Å². The smallest absolute Gasteiger partial charge is 0.432 e. The van der Waals surface area contributed by atoms with Crippen LogP contribution in [0.15, 0.2) is 21.9 Å². The fraction of sp³-hybridized carbons (Fsp3) is 0.222. The number of benzene rings is 1. The van der Waals surface area contributed by atoms with Gasteiger partial charge in [0, 0.05) is 10.7 Å². The number of halogens is 6. The Balaban J connectivity index is 3.67. The van der Waals surface area contributed by atoms with Crippen LogP contribution in [0.2, 0.25) is 0 Å². The minimum atomic E-state index is -5.01. The van der Waals surface area contributed by atoms with Crippen molar-refractivity contribution >= 4 is 31.5 Å². The quantitative estimate of drug-likeness (QED) is 0.461. The van der Waals surface area contributed by atoms with E-state index in [0.717, 1.165) is 0 Å². The van der Waals surface area contributed by atoms with Crippen molar-refractivity contribution < 1.29 is 35.1 Å². The normalized spacial score (nSPS) is 12.3. The Hall–Kier alpha value is -1.25. The minimum absolute atomic E-state index is 0.604. The molecular formula is C9H3ClF5NO3S2. The maximum atomic E-state index is 12.5. The fourth-order valence-electron chi connectivity index (χ4n) is 1.24. The SMILES string of the molecule is N#Cc1ccc(S(=O)(=O)Cl)c(SC(F)(F)F)c1OC(F)F. The molecule has 0 atom stereocenters. The lowest BCUT2D eigenvalue weighted by Crippen LogP contribution is -2.09. The molecule has 0 N–H and O–H groups in total. The number of hydrogen-bond donors (Lipinski definition) is 0. The van der Waals surface area contributed by atoms with Gasteiger partial charge in [0.15, 0.2) is 5.75 Å². The van der Waals surface area contributed by atoms with E-state index in [1.54, 1.807) is 0 Å². The van der Waals surface area contributed by atoms with E-state index in [1.165, 1.54) is 6.07 Å². The van der Waals surface area contributed by atoms with Crippen LogP contribution in [0.4, 0.5) is 22.0 Å². The Morgan fingerprint density at radius 2 is 1.90 bits per heavy atom. The van der Waals surface area contributed by atoms with Gasteiger partial charge in [-0.25, -0.2) is 8.42 Å². The lowest BCUT2D eigenvalue weighted by molar-refractivity contribution is -0.0532. The molecule has 0 aliphatic carbocycles. The topological polar surface area (TPSA) is 67.2 Å². The molecule has 0 aliphatic heterocycles. The lowest BCUT2D eigenvalue weighted by Gasteiger charge is -2.15. The summed E-state index contributed by atoms with van der Waals surface area (Å²) in [6, 6.07) is 2.65. The van der Waals surface area contributed by atoms with Crippen molar-refractivity contribution in [3.63, 3.8) is 0 Å². The molecule has 0 radical (unpaired) electrons. The van der Waals surface area contributed by atoms with E-state index in [9.17, 15) is 30.4 Å². The first-order chi connectivity index (χ1) is 9.45. The molecule has 12 heteroatoms. The molecule has 0 amide bonds. The summed E-state index contributed by atoms with van der Waals surface area (Å²) >= 11 is -1.02. The number of rotatable bonds is 4. The summed E-state index contributed by atoms with van der Waals surface area (Å²) in [5.41, 5.74) is -5.70. The number of nitrogens with zero attached hydrogens (tertiary/aromatic N) is 1. The molecule has 0 aliphatic rings. The van der Waals surface area contributed by atoms with Gasteiger partial charge >= 0.3 is 12.1 Å². The standard InChI is InChI=1S/C9H3ClF5NO3S2/c10-21(17,18)5-2-1-4(3-16)6(19-8(11)12)7(5)20-9(13,14)15/h1-2,8H. The zero-order chi connectivity index (χ0) is 16.4. The number of nitriles is 1. The van der Waals surface area contributed by atoms with Crippen LogP contribution in [0.1, 0.15) is 5.56 Å². The Labute approximate surface area is 123 Å². The number of ether oxygens (including phenoxy) is 1. The molecule has 1 aromatic carbocycles. The molecule has 0 saturated heterocycles. The average Bonchev–Trinajstić information content (AvgIpc) is 2.27. The van der Waals surface area contributed by atoms with Crippen LogP contribution < -0.4 is 4.74 Å². The molecule has 0 saturated carbocycles. The van der Waals surface area contributed by atoms with Crippen molar-refractivity contribution in [3.05, 3.63) is 17.7 Å². The predicted molar refractivity (Wildman–Crippen MR) is 62.7 cm³/mol. The van der Waals surface area contributed by atoms with Crippen LogP contribution in [0.5, 0.6) is 5.75 Å². The summed E-state index contributed by atoms with van der Waals surface area (Å²) in [6.07, 6.45) is 0. The van der Waals surface area contributed by atoms with Crippen molar-refractivity contribution in [3.8, 4) is 11.8 Å². The van der Waals surface area contributed by atoms with Crippen molar-refractivity contribution in [2.24, 2.45) is 0 Å². The minimum Gasteiger partial charge on any atom is -0.432 e. The monoisotopic (exact) mass is 367 g/mol. The first-order valence-electron chi connectivity index (χ1n) is 4.68. The molecule has 1 rings (SSSR count). The molecular weight excluding hydrogens is 365 g/mol. The van der Waals surface area contributed by atoms with Gasteiger partial charge in [-0.2, -0.15) is 27.2 Å². The second kappa shape index (κ2) is 6.25. The van der Waals surface area contributed by atoms with Gasteiger partial charge in [-0.05, 0) is 23.9 Å². The number of alkyl halides is 5. The van der Waals surface area contributed by atoms with Crippen LogP contribution >= 0.6 is 22.4 Å². The molecule has 0 spiro atoms. The highest BCUT2D eigenvalue weighted by Gasteiger charge is 2.36. The molecule has 4 nitrogen and oxygen atoms in total. The van der Waals surface area contributed by atoms with Gasteiger partial charge in [0.2, 0.25) is 0 Å². The fourth-order valence-corrected chi connectivity index (χ4v) is 3.42. The van der Waals surface area contributed by atoms with Gasteiger partial charge in [0.1, 0.15) is 11.0 Å². The van der Waals surface area contributed by atoms with Crippen LogP contribution in [0.25, 0.3) is 0 Å². The molecule has 116 valence electrons. The second-order valence-corrected chi connectivity index (χ2v) is 6.86. The highest BCUT2D eigenvalue weighted by atomic mass is 35.7. The van der Waals surface area contributed by atoms with Gasteiger partial charge in [-0.3, -0.25) is 0 Å². The predicted octanol–water partition coefficient (Wildman–Crippen LogP) is 3.70. The van der Waals surface area contributed by atoms with E-state index >= 15 is 0 Å². The summed E-state index contributed by atoms with van der Waals surface area (Å²) in [6.45, 7) is -3.56. The zero-order valence-electron chi connectivity index (χ0n) is 9.49. The van der Waals surface area contributed by atoms with Gasteiger partial charge < -0.3 is 4.74 Å². The lowest BCUT2D eigenvalue weighted by atomic mass is 10.2. The molecule has 0 aromatic heterocycles. The van der Waals surface area contributed by atoms with Gasteiger partial charge in [0.25, 0.3) is 9.05 Å². The van der Waals surface area contributed by atoms with E-state index in [4.69, 9.17) is 15.9 Å². The number of hydrogen-bond acceptors (Lipinski definition) is 5. The van der Waals surface area contributed by atoms with E-state index in [1.807, 2.05) is 0 Å². The Morgan fingerprint density at radius 1 is 1.33 bits per heavy atom. The van der Waals surface area contributed by atoms with Crippen molar-refractivity contribution in [2.45, 2.75) is 21.9 Å². The summed E-state index contributed by atoms with van der Waals surface area (Å²) < 4.78 is 88.3. The van der Waals surface area contributed by atoms with Crippen molar-refractivity contribution in [2.75, 3.05) is 0 Å². The largest absolute Gasteiger partial charge is 0.446 e. The highest BCUT2D eigenvalue weighted by Crippen LogP contribution is 2.47. The summed E-state index contributed by atoms with van der Waals surface area (Å²) in [4.78, 5) is -2.31. The third-order valence-electron chi connectivity index (χ3n) is 1.88. The van der Waals surface area contributed by atoms with E-state index in [-0.39, 0.29) is 0 Å². The first-order valence-corrected chi connectivity index (χ1v) is 7.80. The Kier molecular flexibility index (Phi) is 5.30. The molecule has 0 unspecified atom stereocenters. The summed E-state index contributed by atoms with van der Waals surface area (Å²) in [7, 11) is 0.290. The molecule has 1 aromatic rings. The van der Waals surface area contributed by atoms with E-state index in [0.29, 0.717) is 12.1 Å². The highest BCUT2D eigenvalue weighted by molar-refractivity contribution is 8.14. The van der Waals surface area contributed by atoms with Crippen LogP contribution in [-0.2, 0) is 9.05 Å². The molecule has 0 heterocycles. The summed E-state index contributed by atoms with van der Waals surface area (Å²) in [5, 5.41) is 8.70. The van der Waals surface area contributed by atoms with E-state index < -0.39 is 54.0 Å². The van der Waals surface area contributed by atoms with Crippen LogP contribution in [0.3, 0.4) is 0 Å². The van der Waals surface area contributed by atoms with Crippen molar-refractivity contribution in [1.82, 2.24) is 0 Å². The first kappa shape index (κ1) is 17.8. The van der Waals surface area contributed by atoms with E-state index in [2.05, 4.69) is 4.74 Å². The average molecular weight is 368 g/mol. The third-order valence-corrected chi connectivity index (χ3v) is 4.22. The Bertz CT molecular complexity index is 684. The van der Waals surface area contributed by atoms with Gasteiger partial charge in [-0.15, -0.1) is 0 Å².